The number of oxazole rings is 1. The van der Waals surface area contributed by atoms with E-state index in [1.165, 1.54) is 0 Å². The van der Waals surface area contributed by atoms with E-state index < -0.39 is 40.6 Å². The number of rotatable bonds is 16. The summed E-state index contributed by atoms with van der Waals surface area (Å²) in [4.78, 5) is 11.9. The Hall–Kier alpha value is -0.718. The van der Waals surface area contributed by atoms with Crippen molar-refractivity contribution in [2.24, 2.45) is 0 Å². The SMILES string of the molecule is CO[C@@H]1C[C@H]([C@@H](/C=C(C)/C=C/[C@@H](CC#C[Si](C)(C)C)OC)O[Si](C(C)C)(C(C)C)C(C)C)O[C@@](Cc2n[c]([Sn]([CH3])([CH3])[CH3])co2)(OC)C1. The van der Waals surface area contributed by atoms with E-state index in [2.05, 4.69) is 113 Å². The molecule has 268 valence electrons. The van der Waals surface area contributed by atoms with Crippen LogP contribution in [0.25, 0.3) is 0 Å². The summed E-state index contributed by atoms with van der Waals surface area (Å²) >= 11 is -2.41. The fourth-order valence-electron chi connectivity index (χ4n) is 6.81. The van der Waals surface area contributed by atoms with Gasteiger partial charge in [-0.05, 0) is 0 Å². The van der Waals surface area contributed by atoms with Crippen LogP contribution in [0.15, 0.2) is 34.5 Å². The topological polar surface area (TPSA) is 72.2 Å². The van der Waals surface area contributed by atoms with E-state index in [1.807, 2.05) is 6.26 Å². The number of methoxy groups -OCH3 is 3. The molecule has 0 aromatic carbocycles. The van der Waals surface area contributed by atoms with Crippen molar-refractivity contribution in [2.75, 3.05) is 21.3 Å². The van der Waals surface area contributed by atoms with E-state index in [-0.39, 0.29) is 24.4 Å². The zero-order chi connectivity index (χ0) is 35.8. The molecule has 7 nitrogen and oxygen atoms in total. The molecule has 1 aliphatic rings. The summed E-state index contributed by atoms with van der Waals surface area (Å²) in [6.07, 6.45) is 9.94. The molecule has 0 aliphatic carbocycles. The average molecular weight is 797 g/mol. The fraction of sp³-hybridized carbons (Fsp3) is 0.757. The van der Waals surface area contributed by atoms with E-state index in [4.69, 9.17) is 32.8 Å². The number of nitrogens with zero attached hydrogens (tertiary/aromatic N) is 1. The standard InChI is InChI=1S/C34H58NO6Si2.3CH3.Sn/c1-25(2)43(26(3)4,27(5)6)41-32(21-28(7)16-17-29(36-8)15-14-20-42(11,12)13)31-22-30(37-9)23-34(38-10,40-31)24-33-35-18-19-39-33;;;;/h16-17,19,21,25-27,29-32H,15,22-24H2,1-13H3;3*1H3;/b17-16+,28-21+;;;;/t29-,30-,31-,32-,34+;;;;/m1..../s1. The Bertz CT molecular complexity index is 1210. The second-order valence-corrected chi connectivity index (χ2v) is 40.8. The third-order valence-corrected chi connectivity index (χ3v) is 21.4. The minimum atomic E-state index is -2.41. The molecule has 0 unspecified atom stereocenters. The minimum absolute atomic E-state index is 0.0729. The molecule has 2 heterocycles. The summed E-state index contributed by atoms with van der Waals surface area (Å²) in [6, 6.07) is 0. The van der Waals surface area contributed by atoms with E-state index in [0.717, 1.165) is 9.28 Å². The van der Waals surface area contributed by atoms with Crippen molar-refractivity contribution in [3.63, 3.8) is 0 Å². The van der Waals surface area contributed by atoms with Crippen molar-refractivity contribution in [3.8, 4) is 11.5 Å². The van der Waals surface area contributed by atoms with E-state index in [9.17, 15) is 0 Å². The molecule has 0 bridgehead atoms. The van der Waals surface area contributed by atoms with E-state index in [0.29, 0.717) is 48.2 Å². The zero-order valence-electron chi connectivity index (χ0n) is 32.6. The Kier molecular flexibility index (Phi) is 16.2. The van der Waals surface area contributed by atoms with E-state index >= 15 is 0 Å². The molecule has 1 fully saturated rings. The predicted octanol–water partition coefficient (Wildman–Crippen LogP) is 8.65. The molecule has 2 rings (SSSR count). The Labute approximate surface area is 294 Å². The van der Waals surface area contributed by atoms with Crippen LogP contribution in [0.1, 0.15) is 73.6 Å². The Morgan fingerprint density at radius 2 is 1.68 bits per heavy atom. The first-order valence-corrected chi connectivity index (χ1v) is 33.1. The van der Waals surface area contributed by atoms with Crippen molar-refractivity contribution in [3.05, 3.63) is 36.0 Å². The number of aromatic nitrogens is 1. The maximum atomic E-state index is 7.51. The molecule has 0 N–H and O–H groups in total. The van der Waals surface area contributed by atoms with Crippen LogP contribution in [0, 0.1) is 11.5 Å². The van der Waals surface area contributed by atoms with Gasteiger partial charge in [-0.2, -0.15) is 0 Å². The van der Waals surface area contributed by atoms with Gasteiger partial charge in [0.05, 0.1) is 6.10 Å². The molecule has 1 aromatic heterocycles. The molecule has 0 radical (unpaired) electrons. The molecule has 0 saturated carbocycles. The van der Waals surface area contributed by atoms with E-state index in [1.54, 1.807) is 21.3 Å². The molecule has 0 amide bonds. The molecule has 5 atom stereocenters. The van der Waals surface area contributed by atoms with Crippen LogP contribution in [0.4, 0.5) is 0 Å². The van der Waals surface area contributed by atoms with Gasteiger partial charge in [0.1, 0.15) is 8.07 Å². The molecule has 47 heavy (non-hydrogen) atoms. The summed E-state index contributed by atoms with van der Waals surface area (Å²) in [7, 11) is 1.50. The van der Waals surface area contributed by atoms with Crippen molar-refractivity contribution in [1.82, 2.24) is 4.98 Å². The molecule has 1 aromatic rings. The van der Waals surface area contributed by atoms with Crippen LogP contribution < -0.4 is 3.71 Å². The van der Waals surface area contributed by atoms with Crippen LogP contribution in [0.2, 0.25) is 51.1 Å². The van der Waals surface area contributed by atoms with Crippen LogP contribution in [-0.4, -0.2) is 91.3 Å². The van der Waals surface area contributed by atoms with Crippen LogP contribution >= 0.6 is 0 Å². The first-order valence-electron chi connectivity index (χ1n) is 17.5. The Balaban J connectivity index is 2.57. The maximum absolute atomic E-state index is 7.51. The van der Waals surface area contributed by atoms with Gasteiger partial charge in [0.15, 0.2) is 0 Å². The van der Waals surface area contributed by atoms with Gasteiger partial charge in [0.2, 0.25) is 0 Å². The predicted molar refractivity (Wildman–Crippen MR) is 203 cm³/mol. The first-order chi connectivity index (χ1) is 21.7. The van der Waals surface area contributed by atoms with Gasteiger partial charge in [0.25, 0.3) is 0 Å². The number of allylic oxidation sites excluding steroid dienone is 2. The fourth-order valence-corrected chi connectivity index (χ4v) is 15.4. The number of hydrogen-bond donors (Lipinski definition) is 0. The summed E-state index contributed by atoms with van der Waals surface area (Å²) < 4.78 is 39.7. The van der Waals surface area contributed by atoms with Crippen molar-refractivity contribution < 1.29 is 27.8 Å². The van der Waals surface area contributed by atoms with Crippen LogP contribution in [0.3, 0.4) is 0 Å². The van der Waals surface area contributed by atoms with Gasteiger partial charge in [-0.3, -0.25) is 0 Å². The summed E-state index contributed by atoms with van der Waals surface area (Å²) in [6.45, 7) is 22.8. The van der Waals surface area contributed by atoms with Crippen molar-refractivity contribution in [2.45, 2.75) is 155 Å². The molecule has 0 spiro atoms. The average Bonchev–Trinajstić information content (AvgIpc) is 3.44. The normalized spacial score (nSPS) is 23.1. The summed E-state index contributed by atoms with van der Waals surface area (Å²) in [5.41, 5.74) is 5.80. The molecule has 10 heteroatoms. The Morgan fingerprint density at radius 3 is 2.15 bits per heavy atom. The monoisotopic (exact) mass is 797 g/mol. The van der Waals surface area contributed by atoms with Crippen molar-refractivity contribution in [1.29, 1.82) is 0 Å². The summed E-state index contributed by atoms with van der Waals surface area (Å²) in [5, 5.41) is 0. The van der Waals surface area contributed by atoms with Gasteiger partial charge >= 0.3 is 232 Å². The first kappa shape index (κ1) is 42.4. The molecule has 1 saturated heterocycles. The Morgan fingerprint density at radius 1 is 1.06 bits per heavy atom. The summed E-state index contributed by atoms with van der Waals surface area (Å²) in [5.74, 6) is 3.05. The third-order valence-electron chi connectivity index (χ3n) is 9.33. The van der Waals surface area contributed by atoms with Gasteiger partial charge < -0.3 is 4.74 Å². The molecular formula is C37H67NO6Si2Sn. The molecular weight excluding hydrogens is 729 g/mol. The van der Waals surface area contributed by atoms with Gasteiger partial charge in [-0.25, -0.2) is 0 Å². The third kappa shape index (κ3) is 12.2. The number of ether oxygens (including phenoxy) is 4. The zero-order valence-corrected chi connectivity index (χ0v) is 37.4. The van der Waals surface area contributed by atoms with Gasteiger partial charge in [-0.15, -0.1) is 11.5 Å². The number of hydrogen-bond acceptors (Lipinski definition) is 7. The van der Waals surface area contributed by atoms with Crippen LogP contribution in [0.5, 0.6) is 0 Å². The van der Waals surface area contributed by atoms with Gasteiger partial charge in [-0.1, -0.05) is 19.6 Å². The molecule has 1 aliphatic heterocycles. The quantitative estimate of drug-likeness (QED) is 0.0943. The van der Waals surface area contributed by atoms with Gasteiger partial charge in [0, 0.05) is 13.5 Å². The second kappa shape index (κ2) is 18.0. The second-order valence-electron chi connectivity index (χ2n) is 16.3. The van der Waals surface area contributed by atoms with Crippen molar-refractivity contribution >= 4 is 38.5 Å². The van der Waals surface area contributed by atoms with Crippen LogP contribution in [-0.2, 0) is 29.8 Å².